The highest BCUT2D eigenvalue weighted by Crippen LogP contribution is 2.29. The van der Waals surface area contributed by atoms with Crippen molar-refractivity contribution in [2.24, 2.45) is 0 Å². The third kappa shape index (κ3) is 2.05. The molecule has 4 rings (SSSR count). The van der Waals surface area contributed by atoms with E-state index in [1.165, 1.54) is 0 Å². The van der Waals surface area contributed by atoms with Crippen molar-refractivity contribution in [3.63, 3.8) is 0 Å². The number of nitrogens with zero attached hydrogens (tertiary/aromatic N) is 4. The van der Waals surface area contributed by atoms with Crippen LogP contribution in [0.2, 0.25) is 0 Å². The summed E-state index contributed by atoms with van der Waals surface area (Å²) in [6.45, 7) is 1.90. The molecule has 2 aromatic heterocycles. The predicted molar refractivity (Wildman–Crippen MR) is 86.8 cm³/mol. The minimum Gasteiger partial charge on any atom is -0.239 e. The van der Waals surface area contributed by atoms with Gasteiger partial charge in [-0.2, -0.15) is 5.10 Å². The van der Waals surface area contributed by atoms with Gasteiger partial charge < -0.3 is 0 Å². The maximum absolute atomic E-state index is 4.69. The van der Waals surface area contributed by atoms with E-state index in [1.54, 1.807) is 6.20 Å². The van der Waals surface area contributed by atoms with Gasteiger partial charge in [0.05, 0.1) is 11.9 Å². The van der Waals surface area contributed by atoms with Crippen molar-refractivity contribution < 1.29 is 0 Å². The zero-order valence-electron chi connectivity index (χ0n) is 12.1. The van der Waals surface area contributed by atoms with Crippen LogP contribution in [-0.4, -0.2) is 19.7 Å². The molecule has 0 N–H and O–H groups in total. The number of aromatic nitrogens is 4. The van der Waals surface area contributed by atoms with Crippen LogP contribution in [0, 0.1) is 6.92 Å². The SMILES string of the molecule is Cc1ncc2nn(-c3ccccc3)c(-c3ccccc3)c2n1. The van der Waals surface area contributed by atoms with E-state index in [-0.39, 0.29) is 0 Å². The number of fused-ring (bicyclic) bond motifs is 1. The molecule has 0 bridgehead atoms. The van der Waals surface area contributed by atoms with E-state index in [0.717, 1.165) is 33.8 Å². The Kier molecular flexibility index (Phi) is 2.93. The summed E-state index contributed by atoms with van der Waals surface area (Å²) in [5.41, 5.74) is 4.77. The van der Waals surface area contributed by atoms with Gasteiger partial charge in [-0.25, -0.2) is 14.6 Å². The summed E-state index contributed by atoms with van der Waals surface area (Å²) in [6, 6.07) is 20.3. The first kappa shape index (κ1) is 12.7. The molecule has 4 nitrogen and oxygen atoms in total. The molecule has 2 heterocycles. The molecule has 22 heavy (non-hydrogen) atoms. The zero-order valence-corrected chi connectivity index (χ0v) is 12.1. The lowest BCUT2D eigenvalue weighted by Gasteiger charge is -2.07. The highest BCUT2D eigenvalue weighted by molar-refractivity contribution is 5.90. The van der Waals surface area contributed by atoms with E-state index in [4.69, 9.17) is 5.10 Å². The van der Waals surface area contributed by atoms with Crippen molar-refractivity contribution in [2.45, 2.75) is 6.92 Å². The Balaban J connectivity index is 2.08. The highest BCUT2D eigenvalue weighted by Gasteiger charge is 2.16. The third-order valence-electron chi connectivity index (χ3n) is 3.58. The van der Waals surface area contributed by atoms with Crippen LogP contribution in [0.3, 0.4) is 0 Å². The number of rotatable bonds is 2. The summed E-state index contributed by atoms with van der Waals surface area (Å²) in [5, 5.41) is 4.69. The Morgan fingerprint density at radius 2 is 1.55 bits per heavy atom. The molecule has 0 aliphatic carbocycles. The fourth-order valence-corrected chi connectivity index (χ4v) is 2.58. The number of hydrogen-bond donors (Lipinski definition) is 0. The molecule has 4 heteroatoms. The quantitative estimate of drug-likeness (QED) is 0.563. The second-order valence-electron chi connectivity index (χ2n) is 5.11. The Labute approximate surface area is 128 Å². The molecule has 0 atom stereocenters. The van der Waals surface area contributed by atoms with Crippen LogP contribution < -0.4 is 0 Å². The summed E-state index contributed by atoms with van der Waals surface area (Å²) >= 11 is 0. The van der Waals surface area contributed by atoms with E-state index in [1.807, 2.05) is 60.1 Å². The number of aryl methyl sites for hydroxylation is 1. The summed E-state index contributed by atoms with van der Waals surface area (Å²) in [6.07, 6.45) is 1.78. The summed E-state index contributed by atoms with van der Waals surface area (Å²) in [5.74, 6) is 0.747. The molecule has 106 valence electrons. The van der Waals surface area contributed by atoms with Crippen LogP contribution in [0.25, 0.3) is 28.0 Å². The molecule has 0 fully saturated rings. The van der Waals surface area contributed by atoms with Crippen LogP contribution in [0.1, 0.15) is 5.82 Å². The van der Waals surface area contributed by atoms with Crippen LogP contribution in [0.15, 0.2) is 66.9 Å². The van der Waals surface area contributed by atoms with Gasteiger partial charge in [-0.05, 0) is 19.1 Å². The molecule has 0 radical (unpaired) electrons. The maximum Gasteiger partial charge on any atom is 0.130 e. The molecule has 0 amide bonds. The molecular weight excluding hydrogens is 272 g/mol. The molecule has 0 aliphatic heterocycles. The lowest BCUT2D eigenvalue weighted by atomic mass is 10.1. The van der Waals surface area contributed by atoms with E-state index >= 15 is 0 Å². The molecule has 4 aromatic rings. The fraction of sp³-hybridized carbons (Fsp3) is 0.0556. The van der Waals surface area contributed by atoms with E-state index in [0.29, 0.717) is 0 Å². The van der Waals surface area contributed by atoms with E-state index in [2.05, 4.69) is 22.1 Å². The van der Waals surface area contributed by atoms with E-state index < -0.39 is 0 Å². The normalized spacial score (nSPS) is 11.0. The van der Waals surface area contributed by atoms with Gasteiger partial charge in [-0.1, -0.05) is 48.5 Å². The second kappa shape index (κ2) is 5.07. The molecule has 2 aromatic carbocycles. The Bertz CT molecular complexity index is 927. The fourth-order valence-electron chi connectivity index (χ4n) is 2.58. The molecule has 0 spiro atoms. The topological polar surface area (TPSA) is 43.6 Å². The van der Waals surface area contributed by atoms with Gasteiger partial charge in [-0.3, -0.25) is 0 Å². The molecule has 0 saturated heterocycles. The summed E-state index contributed by atoms with van der Waals surface area (Å²) in [7, 11) is 0. The predicted octanol–water partition coefficient (Wildman–Crippen LogP) is 3.79. The third-order valence-corrected chi connectivity index (χ3v) is 3.58. The van der Waals surface area contributed by atoms with Gasteiger partial charge in [-0.15, -0.1) is 0 Å². The second-order valence-corrected chi connectivity index (χ2v) is 5.11. The standard InChI is InChI=1S/C18H14N4/c1-13-19-12-16-17(20-13)18(14-8-4-2-5-9-14)22(21-16)15-10-6-3-7-11-15/h2-12H,1H3. The maximum atomic E-state index is 4.69. The van der Waals surface area contributed by atoms with Crippen LogP contribution in [-0.2, 0) is 0 Å². The average Bonchev–Trinajstić information content (AvgIpc) is 2.95. The van der Waals surface area contributed by atoms with Gasteiger partial charge >= 0.3 is 0 Å². The van der Waals surface area contributed by atoms with Crippen molar-refractivity contribution in [2.75, 3.05) is 0 Å². The highest BCUT2D eigenvalue weighted by atomic mass is 15.3. The smallest absolute Gasteiger partial charge is 0.130 e. The minimum absolute atomic E-state index is 0.747. The summed E-state index contributed by atoms with van der Waals surface area (Å²) in [4.78, 5) is 8.87. The first-order chi connectivity index (χ1) is 10.8. The molecule has 0 unspecified atom stereocenters. The molecule has 0 saturated carbocycles. The van der Waals surface area contributed by atoms with Gasteiger partial charge in [0.2, 0.25) is 0 Å². The van der Waals surface area contributed by atoms with Crippen molar-refractivity contribution in [1.82, 2.24) is 19.7 Å². The van der Waals surface area contributed by atoms with Crippen molar-refractivity contribution >= 4 is 11.0 Å². The minimum atomic E-state index is 0.747. The lowest BCUT2D eigenvalue weighted by Crippen LogP contribution is -1.98. The van der Waals surface area contributed by atoms with Gasteiger partial charge in [0.15, 0.2) is 0 Å². The number of benzene rings is 2. The van der Waals surface area contributed by atoms with E-state index in [9.17, 15) is 0 Å². The van der Waals surface area contributed by atoms with Crippen molar-refractivity contribution in [3.05, 3.63) is 72.7 Å². The number of hydrogen-bond acceptors (Lipinski definition) is 3. The zero-order chi connectivity index (χ0) is 14.9. The van der Waals surface area contributed by atoms with Gasteiger partial charge in [0.25, 0.3) is 0 Å². The van der Waals surface area contributed by atoms with Gasteiger partial charge in [0.1, 0.15) is 22.6 Å². The molecule has 0 aliphatic rings. The van der Waals surface area contributed by atoms with Crippen LogP contribution in [0.5, 0.6) is 0 Å². The molecular formula is C18H14N4. The van der Waals surface area contributed by atoms with Crippen LogP contribution >= 0.6 is 0 Å². The first-order valence-corrected chi connectivity index (χ1v) is 7.16. The number of para-hydroxylation sites is 1. The van der Waals surface area contributed by atoms with Crippen LogP contribution in [0.4, 0.5) is 0 Å². The lowest BCUT2D eigenvalue weighted by molar-refractivity contribution is 0.903. The Hall–Kier alpha value is -3.01. The van der Waals surface area contributed by atoms with Gasteiger partial charge in [0, 0.05) is 5.56 Å². The first-order valence-electron chi connectivity index (χ1n) is 7.16. The largest absolute Gasteiger partial charge is 0.239 e. The Morgan fingerprint density at radius 1 is 0.864 bits per heavy atom. The Morgan fingerprint density at radius 3 is 2.27 bits per heavy atom. The average molecular weight is 286 g/mol. The monoisotopic (exact) mass is 286 g/mol. The van der Waals surface area contributed by atoms with Crippen molar-refractivity contribution in [3.8, 4) is 16.9 Å². The van der Waals surface area contributed by atoms with Crippen molar-refractivity contribution in [1.29, 1.82) is 0 Å². The summed E-state index contributed by atoms with van der Waals surface area (Å²) < 4.78 is 1.94.